The molecular formula is C64H124O6. The lowest BCUT2D eigenvalue weighted by Gasteiger charge is -2.18. The third kappa shape index (κ3) is 57.3. The van der Waals surface area contributed by atoms with Gasteiger partial charge >= 0.3 is 17.9 Å². The van der Waals surface area contributed by atoms with E-state index in [1.165, 1.54) is 250 Å². The first-order valence-electron chi connectivity index (χ1n) is 31.7. The second-order valence-electron chi connectivity index (χ2n) is 23.0. The molecule has 0 heterocycles. The molecule has 6 heteroatoms. The molecule has 0 N–H and O–H groups in total. The molecular weight excluding hydrogens is 865 g/mol. The Balaban J connectivity index is 4.28. The van der Waals surface area contributed by atoms with Crippen molar-refractivity contribution in [3.05, 3.63) is 0 Å². The number of hydrogen-bond donors (Lipinski definition) is 0. The lowest BCUT2D eigenvalue weighted by Crippen LogP contribution is -2.30. The van der Waals surface area contributed by atoms with Crippen molar-refractivity contribution in [3.63, 3.8) is 0 Å². The van der Waals surface area contributed by atoms with Gasteiger partial charge in [-0.05, 0) is 31.1 Å². The van der Waals surface area contributed by atoms with Crippen LogP contribution >= 0.6 is 0 Å². The van der Waals surface area contributed by atoms with Gasteiger partial charge in [0.2, 0.25) is 0 Å². The Kier molecular flexibility index (Phi) is 55.4. The quantitative estimate of drug-likeness (QED) is 0.0343. The first-order chi connectivity index (χ1) is 34.2. The van der Waals surface area contributed by atoms with Crippen LogP contribution in [0.4, 0.5) is 0 Å². The molecule has 0 radical (unpaired) electrons. The van der Waals surface area contributed by atoms with E-state index in [1.807, 2.05) is 0 Å². The molecule has 0 saturated carbocycles. The zero-order valence-electron chi connectivity index (χ0n) is 48.2. The normalized spacial score (nSPS) is 12.0. The first kappa shape index (κ1) is 68.4. The molecule has 1 atom stereocenters. The Hall–Kier alpha value is -1.59. The lowest BCUT2D eigenvalue weighted by molar-refractivity contribution is -0.167. The van der Waals surface area contributed by atoms with Gasteiger partial charge in [-0.3, -0.25) is 14.4 Å². The molecule has 70 heavy (non-hydrogen) atoms. The Morgan fingerprint density at radius 2 is 0.471 bits per heavy atom. The van der Waals surface area contributed by atoms with E-state index in [0.717, 1.165) is 69.6 Å². The molecule has 416 valence electrons. The fourth-order valence-corrected chi connectivity index (χ4v) is 9.93. The van der Waals surface area contributed by atoms with Crippen LogP contribution < -0.4 is 0 Å². The third-order valence-corrected chi connectivity index (χ3v) is 14.7. The van der Waals surface area contributed by atoms with Crippen molar-refractivity contribution in [1.29, 1.82) is 0 Å². The summed E-state index contributed by atoms with van der Waals surface area (Å²) >= 11 is 0. The zero-order chi connectivity index (χ0) is 51.1. The number of esters is 3. The van der Waals surface area contributed by atoms with Gasteiger partial charge in [0.25, 0.3) is 0 Å². The van der Waals surface area contributed by atoms with Crippen LogP contribution in [0, 0.1) is 11.8 Å². The predicted molar refractivity (Wildman–Crippen MR) is 303 cm³/mol. The van der Waals surface area contributed by atoms with Crippen LogP contribution in [0.25, 0.3) is 0 Å². The number of rotatable bonds is 58. The summed E-state index contributed by atoms with van der Waals surface area (Å²) in [5.74, 6) is 0.854. The fourth-order valence-electron chi connectivity index (χ4n) is 9.93. The van der Waals surface area contributed by atoms with Crippen LogP contribution in [-0.4, -0.2) is 37.2 Å². The molecule has 0 fully saturated rings. The van der Waals surface area contributed by atoms with Gasteiger partial charge in [-0.2, -0.15) is 0 Å². The minimum Gasteiger partial charge on any atom is -0.462 e. The van der Waals surface area contributed by atoms with E-state index in [4.69, 9.17) is 14.2 Å². The van der Waals surface area contributed by atoms with Gasteiger partial charge in [0.05, 0.1) is 0 Å². The average Bonchev–Trinajstić information content (AvgIpc) is 3.33. The summed E-state index contributed by atoms with van der Waals surface area (Å²) in [6.45, 7) is 11.4. The average molecular weight is 990 g/mol. The van der Waals surface area contributed by atoms with E-state index in [-0.39, 0.29) is 31.1 Å². The van der Waals surface area contributed by atoms with Crippen LogP contribution in [0.3, 0.4) is 0 Å². The van der Waals surface area contributed by atoms with Crippen LogP contribution in [0.1, 0.15) is 362 Å². The molecule has 0 spiro atoms. The number of carbonyl (C=O) groups excluding carboxylic acids is 3. The third-order valence-electron chi connectivity index (χ3n) is 14.7. The van der Waals surface area contributed by atoms with E-state index in [9.17, 15) is 14.4 Å². The standard InChI is InChI=1S/C64H124O6/c1-6-7-8-9-10-11-12-13-14-15-16-20-23-29-34-39-44-49-54-62(65)68-57-61(58-69-63(66)55-50-45-40-35-30-26-25-28-33-38-43-48-53-60(4)5)70-64(67)56-51-46-41-36-31-24-21-18-17-19-22-27-32-37-42-47-52-59(2)3/h59-61H,6-58H2,1-5H3/t61-/m1/s1. The summed E-state index contributed by atoms with van der Waals surface area (Å²) in [7, 11) is 0. The first-order valence-corrected chi connectivity index (χ1v) is 31.7. The van der Waals surface area contributed by atoms with Gasteiger partial charge in [-0.15, -0.1) is 0 Å². The molecule has 0 aliphatic heterocycles. The summed E-state index contributed by atoms with van der Waals surface area (Å²) in [5, 5.41) is 0. The van der Waals surface area contributed by atoms with Gasteiger partial charge in [0.1, 0.15) is 13.2 Å². The fraction of sp³-hybridized carbons (Fsp3) is 0.953. The zero-order valence-corrected chi connectivity index (χ0v) is 48.2. The molecule has 0 saturated heterocycles. The van der Waals surface area contributed by atoms with E-state index >= 15 is 0 Å². The van der Waals surface area contributed by atoms with Crippen LogP contribution in [0.2, 0.25) is 0 Å². The van der Waals surface area contributed by atoms with E-state index < -0.39 is 6.10 Å². The monoisotopic (exact) mass is 989 g/mol. The molecule has 0 amide bonds. The largest absolute Gasteiger partial charge is 0.462 e. The van der Waals surface area contributed by atoms with Crippen molar-refractivity contribution >= 4 is 17.9 Å². The Labute approximate surface area is 438 Å². The number of ether oxygens (including phenoxy) is 3. The lowest BCUT2D eigenvalue weighted by atomic mass is 10.0. The van der Waals surface area contributed by atoms with Crippen molar-refractivity contribution < 1.29 is 28.6 Å². The highest BCUT2D eigenvalue weighted by Gasteiger charge is 2.19. The highest BCUT2D eigenvalue weighted by atomic mass is 16.6. The van der Waals surface area contributed by atoms with E-state index in [0.29, 0.717) is 19.3 Å². The smallest absolute Gasteiger partial charge is 0.306 e. The Bertz CT molecular complexity index is 1070. The summed E-state index contributed by atoms with van der Waals surface area (Å²) in [6.07, 6.45) is 62.4. The van der Waals surface area contributed by atoms with Gasteiger partial charge in [0.15, 0.2) is 6.10 Å². The second-order valence-corrected chi connectivity index (χ2v) is 23.0. The molecule has 0 aromatic carbocycles. The van der Waals surface area contributed by atoms with E-state index in [2.05, 4.69) is 34.6 Å². The molecule has 0 rings (SSSR count). The molecule has 0 aromatic rings. The SMILES string of the molecule is CCCCCCCCCCCCCCCCCCCCC(=O)OC[C@H](COC(=O)CCCCCCCCCCCCCCC(C)C)OC(=O)CCCCCCCCCCCCCCCCCCC(C)C. The highest BCUT2D eigenvalue weighted by Crippen LogP contribution is 2.19. The van der Waals surface area contributed by atoms with Gasteiger partial charge in [0, 0.05) is 19.3 Å². The maximum Gasteiger partial charge on any atom is 0.306 e. The van der Waals surface area contributed by atoms with Crippen molar-refractivity contribution in [3.8, 4) is 0 Å². The van der Waals surface area contributed by atoms with Crippen molar-refractivity contribution in [2.24, 2.45) is 11.8 Å². The van der Waals surface area contributed by atoms with Crippen molar-refractivity contribution in [2.45, 2.75) is 368 Å². The summed E-state index contributed by atoms with van der Waals surface area (Å²) in [4.78, 5) is 38.3. The highest BCUT2D eigenvalue weighted by molar-refractivity contribution is 5.71. The summed E-state index contributed by atoms with van der Waals surface area (Å²) in [5.41, 5.74) is 0. The van der Waals surface area contributed by atoms with Gasteiger partial charge in [-0.1, -0.05) is 324 Å². The molecule has 0 unspecified atom stereocenters. The van der Waals surface area contributed by atoms with Crippen molar-refractivity contribution in [2.75, 3.05) is 13.2 Å². The summed E-state index contributed by atoms with van der Waals surface area (Å²) < 4.78 is 17.0. The number of hydrogen-bond acceptors (Lipinski definition) is 6. The van der Waals surface area contributed by atoms with Crippen LogP contribution in [-0.2, 0) is 28.6 Å². The maximum atomic E-state index is 12.9. The van der Waals surface area contributed by atoms with E-state index in [1.54, 1.807) is 0 Å². The minimum absolute atomic E-state index is 0.0619. The van der Waals surface area contributed by atoms with Gasteiger partial charge < -0.3 is 14.2 Å². The molecule has 0 aliphatic rings. The Morgan fingerprint density at radius 1 is 0.271 bits per heavy atom. The molecule has 0 aliphatic carbocycles. The van der Waals surface area contributed by atoms with Crippen LogP contribution in [0.15, 0.2) is 0 Å². The molecule has 0 bridgehead atoms. The Morgan fingerprint density at radius 3 is 0.700 bits per heavy atom. The topological polar surface area (TPSA) is 78.9 Å². The van der Waals surface area contributed by atoms with Gasteiger partial charge in [-0.25, -0.2) is 0 Å². The summed E-state index contributed by atoms with van der Waals surface area (Å²) in [6, 6.07) is 0. The number of carbonyl (C=O) groups is 3. The minimum atomic E-state index is -0.764. The predicted octanol–water partition coefficient (Wildman–Crippen LogP) is 21.2. The molecule has 6 nitrogen and oxygen atoms in total. The molecule has 0 aromatic heterocycles. The van der Waals surface area contributed by atoms with Crippen LogP contribution in [0.5, 0.6) is 0 Å². The second kappa shape index (κ2) is 56.7. The van der Waals surface area contributed by atoms with Crippen molar-refractivity contribution in [1.82, 2.24) is 0 Å². The number of unbranched alkanes of at least 4 members (excludes halogenated alkanes) is 43. The maximum absolute atomic E-state index is 12.9.